The van der Waals surface area contributed by atoms with Crippen molar-refractivity contribution in [1.82, 2.24) is 5.32 Å². The van der Waals surface area contributed by atoms with Crippen LogP contribution in [-0.2, 0) is 22.0 Å². The van der Waals surface area contributed by atoms with Gasteiger partial charge in [-0.05, 0) is 96.2 Å². The second-order valence-corrected chi connectivity index (χ2v) is 13.6. The lowest BCUT2D eigenvalue weighted by atomic mass is 9.78. The number of phenolic OH excluding ortho intramolecular Hbond substituents is 2. The molecule has 240 valence electrons. The molecule has 1 amide bonds. The molecular weight excluding hydrogens is 538 g/mol. The van der Waals surface area contributed by atoms with Crippen LogP contribution in [0.2, 0.25) is 0 Å². The van der Waals surface area contributed by atoms with E-state index in [4.69, 9.17) is 9.47 Å². The number of phenols is 2. The topological polar surface area (TPSA) is 88.0 Å². The number of amides is 1. The van der Waals surface area contributed by atoms with E-state index in [1.807, 2.05) is 0 Å². The quantitative estimate of drug-likeness (QED) is 0.141. The van der Waals surface area contributed by atoms with Crippen LogP contribution in [0.4, 0.5) is 0 Å². The SMILES string of the molecule is CCC(CC)Oc1cc(C=CC(=O)NCCCCc2cc(C(C)(C)C)c(O)c(C(C)(C)C)c2)cc(OC(CC)CC)c1O. The molecule has 0 saturated carbocycles. The van der Waals surface area contributed by atoms with E-state index in [0.717, 1.165) is 61.6 Å². The molecule has 6 heteroatoms. The normalized spacial score (nSPS) is 12.4. The number of carbonyl (C=O) groups is 1. The zero-order valence-corrected chi connectivity index (χ0v) is 28.4. The van der Waals surface area contributed by atoms with Crippen molar-refractivity contribution in [2.24, 2.45) is 0 Å². The number of carbonyl (C=O) groups excluding carboxylic acids is 1. The Kier molecular flexibility index (Phi) is 13.5. The Hall–Kier alpha value is -3.15. The molecule has 0 aliphatic rings. The van der Waals surface area contributed by atoms with Crippen LogP contribution < -0.4 is 14.8 Å². The summed E-state index contributed by atoms with van der Waals surface area (Å²) in [6, 6.07) is 7.77. The van der Waals surface area contributed by atoms with Crippen molar-refractivity contribution in [3.8, 4) is 23.0 Å². The van der Waals surface area contributed by atoms with Gasteiger partial charge in [0.1, 0.15) is 5.75 Å². The minimum Gasteiger partial charge on any atom is -0.507 e. The van der Waals surface area contributed by atoms with Crippen molar-refractivity contribution in [3.05, 3.63) is 52.6 Å². The van der Waals surface area contributed by atoms with Crippen LogP contribution in [0.25, 0.3) is 6.08 Å². The summed E-state index contributed by atoms with van der Waals surface area (Å²) in [7, 11) is 0. The Morgan fingerprint density at radius 3 is 1.65 bits per heavy atom. The van der Waals surface area contributed by atoms with Gasteiger partial charge in [0.25, 0.3) is 0 Å². The second-order valence-electron chi connectivity index (χ2n) is 13.6. The van der Waals surface area contributed by atoms with Crippen LogP contribution >= 0.6 is 0 Å². The summed E-state index contributed by atoms with van der Waals surface area (Å²) in [5.41, 5.74) is 3.59. The summed E-state index contributed by atoms with van der Waals surface area (Å²) in [5.74, 6) is 0.970. The molecule has 0 spiro atoms. The molecule has 0 radical (unpaired) electrons. The molecule has 0 aliphatic carbocycles. The average molecular weight is 596 g/mol. The number of unbranched alkanes of at least 4 members (excludes halogenated alkanes) is 1. The molecular formula is C37H57NO5. The van der Waals surface area contributed by atoms with Gasteiger partial charge in [-0.2, -0.15) is 0 Å². The van der Waals surface area contributed by atoms with E-state index in [1.54, 1.807) is 18.2 Å². The van der Waals surface area contributed by atoms with Crippen LogP contribution in [0, 0.1) is 0 Å². The highest BCUT2D eigenvalue weighted by molar-refractivity contribution is 5.91. The number of aryl methyl sites for hydroxylation is 1. The summed E-state index contributed by atoms with van der Waals surface area (Å²) in [4.78, 5) is 12.6. The molecule has 2 aromatic rings. The summed E-state index contributed by atoms with van der Waals surface area (Å²) in [5, 5.41) is 24.8. The second kappa shape index (κ2) is 16.1. The van der Waals surface area contributed by atoms with E-state index in [1.165, 1.54) is 11.6 Å². The van der Waals surface area contributed by atoms with Crippen LogP contribution in [-0.4, -0.2) is 34.9 Å². The molecule has 0 aromatic heterocycles. The molecule has 0 fully saturated rings. The third kappa shape index (κ3) is 10.8. The first-order chi connectivity index (χ1) is 20.1. The predicted molar refractivity (Wildman–Crippen MR) is 179 cm³/mol. The first-order valence-corrected chi connectivity index (χ1v) is 16.2. The molecule has 2 rings (SSSR count). The Labute approximate surface area is 260 Å². The van der Waals surface area contributed by atoms with Crippen molar-refractivity contribution in [2.75, 3.05) is 6.54 Å². The van der Waals surface area contributed by atoms with Crippen LogP contribution in [0.5, 0.6) is 23.0 Å². The molecule has 0 saturated heterocycles. The van der Waals surface area contributed by atoms with Crippen molar-refractivity contribution in [1.29, 1.82) is 0 Å². The molecule has 0 heterocycles. The maximum Gasteiger partial charge on any atom is 0.243 e. The highest BCUT2D eigenvalue weighted by atomic mass is 16.5. The number of hydrogen-bond donors (Lipinski definition) is 3. The smallest absolute Gasteiger partial charge is 0.243 e. The van der Waals surface area contributed by atoms with Gasteiger partial charge in [-0.3, -0.25) is 4.79 Å². The van der Waals surface area contributed by atoms with Crippen molar-refractivity contribution in [3.63, 3.8) is 0 Å². The first kappa shape index (κ1) is 36.0. The van der Waals surface area contributed by atoms with E-state index < -0.39 is 0 Å². The maximum atomic E-state index is 12.6. The van der Waals surface area contributed by atoms with E-state index in [9.17, 15) is 15.0 Å². The van der Waals surface area contributed by atoms with Gasteiger partial charge in [-0.25, -0.2) is 0 Å². The third-order valence-corrected chi connectivity index (χ3v) is 7.88. The lowest BCUT2D eigenvalue weighted by Crippen LogP contribution is -2.22. The molecule has 0 bridgehead atoms. The first-order valence-electron chi connectivity index (χ1n) is 16.2. The third-order valence-electron chi connectivity index (χ3n) is 7.88. The fraction of sp³-hybridized carbons (Fsp3) is 0.595. The van der Waals surface area contributed by atoms with Gasteiger partial charge in [0.15, 0.2) is 11.5 Å². The highest BCUT2D eigenvalue weighted by Gasteiger charge is 2.26. The Morgan fingerprint density at radius 1 is 0.767 bits per heavy atom. The Bertz CT molecular complexity index is 1140. The maximum absolute atomic E-state index is 12.6. The zero-order valence-electron chi connectivity index (χ0n) is 28.4. The van der Waals surface area contributed by atoms with E-state index in [2.05, 4.69) is 86.7 Å². The van der Waals surface area contributed by atoms with Gasteiger partial charge in [0.2, 0.25) is 11.7 Å². The van der Waals surface area contributed by atoms with Crippen molar-refractivity contribution >= 4 is 12.0 Å². The van der Waals surface area contributed by atoms with Crippen LogP contribution in [0.1, 0.15) is 130 Å². The summed E-state index contributed by atoms with van der Waals surface area (Å²) < 4.78 is 12.2. The van der Waals surface area contributed by atoms with Gasteiger partial charge < -0.3 is 25.0 Å². The van der Waals surface area contributed by atoms with E-state index in [0.29, 0.717) is 23.8 Å². The van der Waals surface area contributed by atoms with Gasteiger partial charge in [0.05, 0.1) is 12.2 Å². The molecule has 0 aliphatic heterocycles. The van der Waals surface area contributed by atoms with E-state index >= 15 is 0 Å². The van der Waals surface area contributed by atoms with Gasteiger partial charge in [0, 0.05) is 12.6 Å². The summed E-state index contributed by atoms with van der Waals surface area (Å²) >= 11 is 0. The number of rotatable bonds is 15. The minimum atomic E-state index is -0.173. The number of aromatic hydroxyl groups is 2. The monoisotopic (exact) mass is 595 g/mol. The molecule has 43 heavy (non-hydrogen) atoms. The number of ether oxygens (including phenoxy) is 2. The summed E-state index contributed by atoms with van der Waals surface area (Å²) in [6.45, 7) is 21.5. The zero-order chi connectivity index (χ0) is 32.4. The molecule has 2 aromatic carbocycles. The van der Waals surface area contributed by atoms with Gasteiger partial charge in [-0.1, -0.05) is 81.4 Å². The molecule has 6 nitrogen and oxygen atoms in total. The van der Waals surface area contributed by atoms with E-state index in [-0.39, 0.29) is 34.7 Å². The fourth-order valence-corrected chi connectivity index (χ4v) is 5.03. The van der Waals surface area contributed by atoms with Crippen LogP contribution in [0.3, 0.4) is 0 Å². The molecule has 0 atom stereocenters. The Balaban J connectivity index is 2.06. The summed E-state index contributed by atoms with van der Waals surface area (Å²) in [6.07, 6.45) is 9.15. The standard InChI is InChI=1S/C37H57NO5/c1-11-27(12-2)42-31-23-26(24-32(35(31)41)43-28(13-3)14-4)18-19-33(39)38-20-16-15-17-25-21-29(36(5,6)7)34(40)30(22-25)37(8,9)10/h18-19,21-24,27-28,40-41H,11-17,20H2,1-10H3,(H,38,39). The number of benzene rings is 2. The largest absolute Gasteiger partial charge is 0.507 e. The van der Waals surface area contributed by atoms with Crippen LogP contribution in [0.15, 0.2) is 30.3 Å². The predicted octanol–water partition coefficient (Wildman–Crippen LogP) is 8.98. The fourth-order valence-electron chi connectivity index (χ4n) is 5.03. The van der Waals surface area contributed by atoms with Crippen molar-refractivity contribution < 1.29 is 24.5 Å². The number of nitrogens with one attached hydrogen (secondary N) is 1. The Morgan fingerprint density at radius 2 is 1.23 bits per heavy atom. The highest BCUT2D eigenvalue weighted by Crippen LogP contribution is 2.41. The molecule has 3 N–H and O–H groups in total. The van der Waals surface area contributed by atoms with Crippen molar-refractivity contribution in [2.45, 2.75) is 137 Å². The lowest BCUT2D eigenvalue weighted by molar-refractivity contribution is -0.116. The lowest BCUT2D eigenvalue weighted by Gasteiger charge is -2.28. The average Bonchev–Trinajstić information content (AvgIpc) is 2.94. The number of hydrogen-bond acceptors (Lipinski definition) is 5. The van der Waals surface area contributed by atoms with Gasteiger partial charge >= 0.3 is 0 Å². The van der Waals surface area contributed by atoms with Gasteiger partial charge in [-0.15, -0.1) is 0 Å². The minimum absolute atomic E-state index is 0.00160. The molecule has 0 unspecified atom stereocenters.